The van der Waals surface area contributed by atoms with Gasteiger partial charge in [0.2, 0.25) is 0 Å². The molecule has 1 aliphatic rings. The van der Waals surface area contributed by atoms with Crippen LogP contribution in [0, 0.1) is 5.41 Å². The van der Waals surface area contributed by atoms with Gasteiger partial charge in [-0.25, -0.2) is 0 Å². The van der Waals surface area contributed by atoms with Gasteiger partial charge in [0.05, 0.1) is 17.7 Å². The van der Waals surface area contributed by atoms with Crippen LogP contribution in [0.2, 0.25) is 0 Å². The van der Waals surface area contributed by atoms with Gasteiger partial charge in [0.15, 0.2) is 0 Å². The number of para-hydroxylation sites is 1. The van der Waals surface area contributed by atoms with Crippen molar-refractivity contribution in [1.29, 1.82) is 0 Å². The Labute approximate surface area is 105 Å². The van der Waals surface area contributed by atoms with Crippen molar-refractivity contribution in [2.75, 3.05) is 13.2 Å². The standard InChI is InChI=1S/C14H16N2O2/c17-9-14(5-6-14)8-16-13(18)11-3-1-2-10-4-7-15-12(10)11/h1-4,7,15,17H,5-6,8-9H2,(H,16,18). The topological polar surface area (TPSA) is 65.1 Å². The number of aliphatic hydroxyl groups is 1. The second-order valence-electron chi connectivity index (χ2n) is 5.09. The van der Waals surface area contributed by atoms with Gasteiger partial charge in [-0.15, -0.1) is 0 Å². The number of benzene rings is 1. The number of aliphatic hydroxyl groups excluding tert-OH is 1. The Bertz CT molecular complexity index is 584. The first-order valence-corrected chi connectivity index (χ1v) is 6.19. The summed E-state index contributed by atoms with van der Waals surface area (Å²) < 4.78 is 0. The number of nitrogens with one attached hydrogen (secondary N) is 2. The lowest BCUT2D eigenvalue weighted by Crippen LogP contribution is -2.31. The largest absolute Gasteiger partial charge is 0.396 e. The Morgan fingerprint density at radius 2 is 2.22 bits per heavy atom. The summed E-state index contributed by atoms with van der Waals surface area (Å²) in [6.45, 7) is 0.708. The lowest BCUT2D eigenvalue weighted by atomic mass is 10.1. The van der Waals surface area contributed by atoms with Gasteiger partial charge >= 0.3 is 0 Å². The molecule has 3 rings (SSSR count). The molecule has 0 atom stereocenters. The van der Waals surface area contributed by atoms with Crippen LogP contribution in [0.25, 0.3) is 10.9 Å². The molecular formula is C14H16N2O2. The number of hydrogen-bond donors (Lipinski definition) is 3. The van der Waals surface area contributed by atoms with Crippen LogP contribution in [0.5, 0.6) is 0 Å². The lowest BCUT2D eigenvalue weighted by Gasteiger charge is -2.13. The molecule has 94 valence electrons. The molecule has 4 heteroatoms. The number of aromatic amines is 1. The van der Waals surface area contributed by atoms with E-state index in [4.69, 9.17) is 0 Å². The molecule has 1 amide bonds. The average molecular weight is 244 g/mol. The summed E-state index contributed by atoms with van der Waals surface area (Å²) in [5, 5.41) is 13.2. The fourth-order valence-corrected chi connectivity index (χ4v) is 2.20. The fourth-order valence-electron chi connectivity index (χ4n) is 2.20. The van der Waals surface area contributed by atoms with Crippen molar-refractivity contribution in [3.8, 4) is 0 Å². The number of H-pyrrole nitrogens is 1. The number of hydrogen-bond acceptors (Lipinski definition) is 2. The normalized spacial score (nSPS) is 16.7. The van der Waals surface area contributed by atoms with Crippen LogP contribution >= 0.6 is 0 Å². The van der Waals surface area contributed by atoms with Crippen molar-refractivity contribution in [1.82, 2.24) is 10.3 Å². The molecule has 3 N–H and O–H groups in total. The van der Waals surface area contributed by atoms with Crippen LogP contribution in [0.3, 0.4) is 0 Å². The Morgan fingerprint density at radius 3 is 2.94 bits per heavy atom. The molecule has 1 fully saturated rings. The predicted octanol–water partition coefficient (Wildman–Crippen LogP) is 1.67. The molecule has 0 saturated heterocycles. The van der Waals surface area contributed by atoms with Crippen LogP contribution in [0.15, 0.2) is 30.5 Å². The minimum atomic E-state index is -0.0808. The maximum Gasteiger partial charge on any atom is 0.253 e. The van der Waals surface area contributed by atoms with E-state index in [0.717, 1.165) is 23.7 Å². The van der Waals surface area contributed by atoms with E-state index in [2.05, 4.69) is 10.3 Å². The molecule has 0 aliphatic heterocycles. The zero-order valence-corrected chi connectivity index (χ0v) is 10.1. The van der Waals surface area contributed by atoms with Crippen molar-refractivity contribution >= 4 is 16.8 Å². The molecule has 0 unspecified atom stereocenters. The monoisotopic (exact) mass is 244 g/mol. The molecule has 4 nitrogen and oxygen atoms in total. The summed E-state index contributed by atoms with van der Waals surface area (Å²) in [6.07, 6.45) is 3.82. The molecule has 0 radical (unpaired) electrons. The zero-order chi connectivity index (χ0) is 12.6. The Kier molecular flexibility index (Phi) is 2.59. The second-order valence-corrected chi connectivity index (χ2v) is 5.09. The average Bonchev–Trinajstić information content (AvgIpc) is 3.03. The van der Waals surface area contributed by atoms with Crippen molar-refractivity contribution in [2.45, 2.75) is 12.8 Å². The van der Waals surface area contributed by atoms with E-state index in [-0.39, 0.29) is 17.9 Å². The Hall–Kier alpha value is -1.81. The van der Waals surface area contributed by atoms with E-state index in [9.17, 15) is 9.90 Å². The first-order valence-electron chi connectivity index (χ1n) is 6.19. The third kappa shape index (κ3) is 1.88. The van der Waals surface area contributed by atoms with E-state index < -0.39 is 0 Å². The molecule has 1 aromatic heterocycles. The van der Waals surface area contributed by atoms with Crippen molar-refractivity contribution in [3.05, 3.63) is 36.0 Å². The summed E-state index contributed by atoms with van der Waals surface area (Å²) in [4.78, 5) is 15.2. The number of rotatable bonds is 4. The van der Waals surface area contributed by atoms with Gasteiger partial charge in [0.25, 0.3) is 5.91 Å². The SMILES string of the molecule is O=C(NCC1(CO)CC1)c1cccc2cc[nH]c12. The highest BCUT2D eigenvalue weighted by Gasteiger charge is 2.42. The van der Waals surface area contributed by atoms with Crippen LogP contribution in [0.4, 0.5) is 0 Å². The third-order valence-corrected chi connectivity index (χ3v) is 3.75. The molecule has 1 aliphatic carbocycles. The van der Waals surface area contributed by atoms with Crippen molar-refractivity contribution in [2.24, 2.45) is 5.41 Å². The molecule has 0 spiro atoms. The second kappa shape index (κ2) is 4.14. The van der Waals surface area contributed by atoms with E-state index in [0.29, 0.717) is 12.1 Å². The molecule has 2 aromatic rings. The van der Waals surface area contributed by atoms with Crippen molar-refractivity contribution < 1.29 is 9.90 Å². The first-order chi connectivity index (χ1) is 8.74. The molecule has 18 heavy (non-hydrogen) atoms. The maximum atomic E-state index is 12.1. The van der Waals surface area contributed by atoms with Crippen LogP contribution in [-0.4, -0.2) is 29.1 Å². The lowest BCUT2D eigenvalue weighted by molar-refractivity contribution is 0.0936. The number of carbonyl (C=O) groups is 1. The molecular weight excluding hydrogens is 228 g/mol. The highest BCUT2D eigenvalue weighted by Crippen LogP contribution is 2.44. The van der Waals surface area contributed by atoms with Crippen LogP contribution < -0.4 is 5.32 Å². The summed E-state index contributed by atoms with van der Waals surface area (Å²) in [5.41, 5.74) is 1.47. The fraction of sp³-hybridized carbons (Fsp3) is 0.357. The van der Waals surface area contributed by atoms with E-state index in [1.54, 1.807) is 0 Å². The van der Waals surface area contributed by atoms with E-state index in [1.807, 2.05) is 30.5 Å². The predicted molar refractivity (Wildman–Crippen MR) is 69.4 cm³/mol. The smallest absolute Gasteiger partial charge is 0.253 e. The van der Waals surface area contributed by atoms with Crippen molar-refractivity contribution in [3.63, 3.8) is 0 Å². The Balaban J connectivity index is 1.78. The zero-order valence-electron chi connectivity index (χ0n) is 10.1. The number of aromatic nitrogens is 1. The quantitative estimate of drug-likeness (QED) is 0.766. The van der Waals surface area contributed by atoms with Gasteiger partial charge < -0.3 is 15.4 Å². The number of carbonyl (C=O) groups excluding carboxylic acids is 1. The van der Waals surface area contributed by atoms with Crippen LogP contribution in [-0.2, 0) is 0 Å². The van der Waals surface area contributed by atoms with E-state index >= 15 is 0 Å². The third-order valence-electron chi connectivity index (χ3n) is 3.75. The van der Waals surface area contributed by atoms with Gasteiger partial charge in [-0.2, -0.15) is 0 Å². The summed E-state index contributed by atoms with van der Waals surface area (Å²) >= 11 is 0. The number of amides is 1. The first kappa shape index (κ1) is 11.3. The van der Waals surface area contributed by atoms with Gasteiger partial charge in [0.1, 0.15) is 0 Å². The maximum absolute atomic E-state index is 12.1. The van der Waals surface area contributed by atoms with Crippen LogP contribution in [0.1, 0.15) is 23.2 Å². The minimum Gasteiger partial charge on any atom is -0.396 e. The van der Waals surface area contributed by atoms with Gasteiger partial charge in [-0.3, -0.25) is 4.79 Å². The Morgan fingerprint density at radius 1 is 1.39 bits per heavy atom. The van der Waals surface area contributed by atoms with Gasteiger partial charge in [-0.05, 0) is 25.0 Å². The number of fused-ring (bicyclic) bond motifs is 1. The molecule has 1 aromatic carbocycles. The highest BCUT2D eigenvalue weighted by atomic mass is 16.3. The summed E-state index contributed by atoms with van der Waals surface area (Å²) in [6, 6.07) is 7.61. The minimum absolute atomic E-state index is 0.0563. The van der Waals surface area contributed by atoms with Gasteiger partial charge in [-0.1, -0.05) is 12.1 Å². The summed E-state index contributed by atoms with van der Waals surface area (Å²) in [7, 11) is 0. The van der Waals surface area contributed by atoms with E-state index in [1.165, 1.54) is 0 Å². The molecule has 1 saturated carbocycles. The van der Waals surface area contributed by atoms with Gasteiger partial charge in [0, 0.05) is 23.5 Å². The summed E-state index contributed by atoms with van der Waals surface area (Å²) in [5.74, 6) is -0.0808. The highest BCUT2D eigenvalue weighted by molar-refractivity contribution is 6.05. The molecule has 1 heterocycles. The molecule has 0 bridgehead atoms.